The van der Waals surface area contributed by atoms with Crippen molar-refractivity contribution in [3.63, 3.8) is 0 Å². The van der Waals surface area contributed by atoms with Crippen LogP contribution in [0.4, 0.5) is 0 Å². The lowest BCUT2D eigenvalue weighted by Gasteiger charge is -2.15. The second kappa shape index (κ2) is 7.51. The summed E-state index contributed by atoms with van der Waals surface area (Å²) in [6.45, 7) is 1.89. The molecular weight excluding hydrogens is 422 g/mol. The Morgan fingerprint density at radius 2 is 2.03 bits per heavy atom. The number of nitrogens with one attached hydrogen (secondary N) is 1. The number of thioether (sulfide) groups is 1. The van der Waals surface area contributed by atoms with Crippen LogP contribution < -0.4 is 5.56 Å². The molecule has 0 saturated carbocycles. The number of aromatic nitrogens is 7. The summed E-state index contributed by atoms with van der Waals surface area (Å²) in [4.78, 5) is 38.1. The van der Waals surface area contributed by atoms with Crippen molar-refractivity contribution < 1.29 is 0 Å². The maximum absolute atomic E-state index is 13.5. The SMILES string of the molecule is Cc1cccc2nc(CSc3ncnc4[nH]cnc34)n(-c3cccnc3Cl)c(=O)c12. The van der Waals surface area contributed by atoms with Crippen LogP contribution in [0.25, 0.3) is 27.8 Å². The minimum absolute atomic E-state index is 0.184. The van der Waals surface area contributed by atoms with Crippen LogP contribution in [0.15, 0.2) is 59.0 Å². The Morgan fingerprint density at radius 1 is 1.13 bits per heavy atom. The fraction of sp³-hybridized carbons (Fsp3) is 0.100. The van der Waals surface area contributed by atoms with Crippen molar-refractivity contribution >= 4 is 45.4 Å². The first-order chi connectivity index (χ1) is 14.6. The van der Waals surface area contributed by atoms with Gasteiger partial charge in [-0.2, -0.15) is 0 Å². The van der Waals surface area contributed by atoms with Crippen LogP contribution in [0, 0.1) is 6.92 Å². The average Bonchev–Trinajstić information content (AvgIpc) is 3.22. The maximum Gasteiger partial charge on any atom is 0.266 e. The van der Waals surface area contributed by atoms with Crippen LogP contribution in [0.1, 0.15) is 11.4 Å². The Labute approximate surface area is 179 Å². The second-order valence-electron chi connectivity index (χ2n) is 6.52. The predicted octanol–water partition coefficient (Wildman–Crippen LogP) is 3.70. The molecule has 4 heterocycles. The molecule has 1 N–H and O–H groups in total. The van der Waals surface area contributed by atoms with Crippen molar-refractivity contribution in [2.24, 2.45) is 0 Å². The monoisotopic (exact) mass is 435 g/mol. The van der Waals surface area contributed by atoms with Gasteiger partial charge in [-0.25, -0.2) is 24.9 Å². The summed E-state index contributed by atoms with van der Waals surface area (Å²) in [5, 5.41) is 1.49. The highest BCUT2D eigenvalue weighted by Gasteiger charge is 2.18. The third kappa shape index (κ3) is 3.12. The zero-order valence-corrected chi connectivity index (χ0v) is 17.3. The Balaban J connectivity index is 1.69. The van der Waals surface area contributed by atoms with Crippen molar-refractivity contribution in [3.05, 3.63) is 76.1 Å². The van der Waals surface area contributed by atoms with E-state index in [1.165, 1.54) is 22.7 Å². The highest BCUT2D eigenvalue weighted by Crippen LogP contribution is 2.27. The molecule has 0 fully saturated rings. The van der Waals surface area contributed by atoms with Gasteiger partial charge in [-0.3, -0.25) is 9.36 Å². The quantitative estimate of drug-likeness (QED) is 0.261. The molecule has 30 heavy (non-hydrogen) atoms. The highest BCUT2D eigenvalue weighted by atomic mass is 35.5. The largest absolute Gasteiger partial charge is 0.329 e. The van der Waals surface area contributed by atoms with Gasteiger partial charge in [0.2, 0.25) is 0 Å². The van der Waals surface area contributed by atoms with Gasteiger partial charge in [0.25, 0.3) is 5.56 Å². The van der Waals surface area contributed by atoms with E-state index in [1.54, 1.807) is 24.7 Å². The summed E-state index contributed by atoms with van der Waals surface area (Å²) in [6.07, 6.45) is 4.64. The number of nitrogens with zero attached hydrogens (tertiary/aromatic N) is 6. The standard InChI is InChI=1S/C20H14ClN7OS/c1-11-4-2-5-12-15(11)20(29)28(13-6-3-7-22-17(13)21)14(27-12)8-30-19-16-18(24-9-23-16)25-10-26-19/h2-7,9-10H,8H2,1H3,(H,23,24,25,26). The van der Waals surface area contributed by atoms with Crippen LogP contribution in [-0.2, 0) is 5.75 Å². The lowest BCUT2D eigenvalue weighted by Crippen LogP contribution is -2.24. The molecule has 0 radical (unpaired) electrons. The Morgan fingerprint density at radius 3 is 2.90 bits per heavy atom. The smallest absolute Gasteiger partial charge is 0.266 e. The van der Waals surface area contributed by atoms with E-state index in [0.717, 1.165) is 5.56 Å². The molecule has 10 heteroatoms. The van der Waals surface area contributed by atoms with Crippen LogP contribution in [0.2, 0.25) is 5.15 Å². The molecule has 0 amide bonds. The van der Waals surface area contributed by atoms with Gasteiger partial charge in [-0.15, -0.1) is 0 Å². The van der Waals surface area contributed by atoms with Gasteiger partial charge < -0.3 is 4.98 Å². The van der Waals surface area contributed by atoms with Crippen LogP contribution >= 0.6 is 23.4 Å². The van der Waals surface area contributed by atoms with Crippen LogP contribution in [0.3, 0.4) is 0 Å². The van der Waals surface area contributed by atoms with Gasteiger partial charge >= 0.3 is 0 Å². The molecule has 0 aliphatic carbocycles. The lowest BCUT2D eigenvalue weighted by atomic mass is 10.1. The maximum atomic E-state index is 13.5. The number of benzene rings is 1. The number of imidazole rings is 1. The van der Waals surface area contributed by atoms with E-state index in [0.29, 0.717) is 44.4 Å². The van der Waals surface area contributed by atoms with Gasteiger partial charge in [0, 0.05) is 6.20 Å². The summed E-state index contributed by atoms with van der Waals surface area (Å²) >= 11 is 7.76. The summed E-state index contributed by atoms with van der Waals surface area (Å²) in [5.74, 6) is 0.920. The van der Waals surface area contributed by atoms with Gasteiger partial charge in [0.15, 0.2) is 10.8 Å². The predicted molar refractivity (Wildman–Crippen MR) is 116 cm³/mol. The van der Waals surface area contributed by atoms with Crippen molar-refractivity contribution in [2.75, 3.05) is 0 Å². The van der Waals surface area contributed by atoms with Crippen molar-refractivity contribution in [1.29, 1.82) is 0 Å². The van der Waals surface area contributed by atoms with E-state index in [-0.39, 0.29) is 10.7 Å². The number of rotatable bonds is 4. The zero-order valence-electron chi connectivity index (χ0n) is 15.7. The van der Waals surface area contributed by atoms with Gasteiger partial charge in [-0.1, -0.05) is 35.5 Å². The molecule has 4 aromatic heterocycles. The van der Waals surface area contributed by atoms with E-state index in [4.69, 9.17) is 16.6 Å². The van der Waals surface area contributed by atoms with E-state index in [1.807, 2.05) is 25.1 Å². The van der Waals surface area contributed by atoms with Crippen LogP contribution in [-0.4, -0.2) is 34.5 Å². The molecule has 8 nitrogen and oxygen atoms in total. The molecule has 1 aromatic carbocycles. The molecule has 0 atom stereocenters. The molecular formula is C20H14ClN7OS. The van der Waals surface area contributed by atoms with E-state index < -0.39 is 0 Å². The molecule has 5 rings (SSSR count). The minimum Gasteiger partial charge on any atom is -0.329 e. The van der Waals surface area contributed by atoms with Crippen molar-refractivity contribution in [1.82, 2.24) is 34.5 Å². The Kier molecular flexibility index (Phi) is 4.68. The number of fused-ring (bicyclic) bond motifs is 2. The first-order valence-electron chi connectivity index (χ1n) is 9.02. The van der Waals surface area contributed by atoms with E-state index in [9.17, 15) is 4.79 Å². The Hall–Kier alpha value is -3.30. The van der Waals surface area contributed by atoms with Crippen LogP contribution in [0.5, 0.6) is 0 Å². The molecule has 5 aromatic rings. The number of hydrogen-bond acceptors (Lipinski definition) is 7. The number of hydrogen-bond donors (Lipinski definition) is 1. The van der Waals surface area contributed by atoms with Crippen molar-refractivity contribution in [3.8, 4) is 5.69 Å². The number of pyridine rings is 1. The third-order valence-electron chi connectivity index (χ3n) is 4.68. The van der Waals surface area contributed by atoms with Crippen molar-refractivity contribution in [2.45, 2.75) is 17.7 Å². The summed E-state index contributed by atoms with van der Waals surface area (Å²) < 4.78 is 1.53. The molecule has 148 valence electrons. The van der Waals surface area contributed by atoms with E-state index >= 15 is 0 Å². The summed E-state index contributed by atoms with van der Waals surface area (Å²) in [6, 6.07) is 9.12. The molecule has 0 saturated heterocycles. The van der Waals surface area contributed by atoms with Gasteiger partial charge in [-0.05, 0) is 30.7 Å². The lowest BCUT2D eigenvalue weighted by molar-refractivity contribution is 0.876. The summed E-state index contributed by atoms with van der Waals surface area (Å²) in [7, 11) is 0. The topological polar surface area (TPSA) is 102 Å². The normalized spacial score (nSPS) is 11.4. The fourth-order valence-electron chi connectivity index (χ4n) is 3.31. The number of H-pyrrole nitrogens is 1. The third-order valence-corrected chi connectivity index (χ3v) is 5.94. The molecule has 0 spiro atoms. The molecule has 0 bridgehead atoms. The summed E-state index contributed by atoms with van der Waals surface area (Å²) in [5.41, 5.74) is 3.13. The minimum atomic E-state index is -0.184. The average molecular weight is 436 g/mol. The number of aromatic amines is 1. The first-order valence-corrected chi connectivity index (χ1v) is 10.4. The first kappa shape index (κ1) is 18.7. The molecule has 0 aliphatic rings. The fourth-order valence-corrected chi connectivity index (χ4v) is 4.38. The second-order valence-corrected chi connectivity index (χ2v) is 7.84. The molecule has 0 aliphatic heterocycles. The number of halogens is 1. The Bertz CT molecular complexity index is 1460. The van der Waals surface area contributed by atoms with Gasteiger partial charge in [0.05, 0.1) is 28.7 Å². The zero-order chi connectivity index (χ0) is 20.7. The molecule has 0 unspecified atom stereocenters. The van der Waals surface area contributed by atoms with Gasteiger partial charge in [0.1, 0.15) is 22.7 Å². The highest BCUT2D eigenvalue weighted by molar-refractivity contribution is 7.98. The van der Waals surface area contributed by atoms with E-state index in [2.05, 4.69) is 24.9 Å². The number of aryl methyl sites for hydroxylation is 1.